The number of carbonyl (C=O) groups is 11. The van der Waals surface area contributed by atoms with Crippen molar-refractivity contribution in [3.05, 3.63) is 0 Å². The first-order valence-electron chi connectivity index (χ1n) is 24.0. The fraction of sp³-hybridized carbons (Fsp3) is 0.761. The number of aliphatic hydroxyl groups is 2. The van der Waals surface area contributed by atoms with Crippen LogP contribution in [0.4, 0.5) is 27.3 Å². The average Bonchev–Trinajstić information content (AvgIpc) is 3.31. The minimum Gasteiger partial charge on any atom is -0.475 e. The maximum atomic E-state index is 13.8. The Morgan fingerprint density at radius 2 is 0.850 bits per heavy atom. The van der Waals surface area contributed by atoms with Gasteiger partial charge in [-0.1, -0.05) is 42.5 Å². The number of carboxylic acids is 1. The predicted octanol–water partition coefficient (Wildman–Crippen LogP) is -4.61. The van der Waals surface area contributed by atoms with E-state index in [1.807, 2.05) is 0 Å². The maximum absolute atomic E-state index is 13.8. The first-order valence-corrected chi connectivity index (χ1v) is 24.0. The van der Waals surface area contributed by atoms with Gasteiger partial charge in [-0.2, -0.15) is 13.2 Å². The summed E-state index contributed by atoms with van der Waals surface area (Å²) in [6.45, 7) is 7.31. The zero-order valence-corrected chi connectivity index (χ0v) is 44.2. The summed E-state index contributed by atoms with van der Waals surface area (Å²) in [5.74, 6) is -11.7. The Morgan fingerprint density at radius 3 is 1.07 bits per heavy atom. The van der Waals surface area contributed by atoms with Crippen LogP contribution in [0.1, 0.15) is 108 Å². The smallest absolute Gasteiger partial charge is 0.475 e. The number of halogens is 6. The van der Waals surface area contributed by atoms with Crippen LogP contribution >= 0.6 is 0 Å². The van der Waals surface area contributed by atoms with Crippen LogP contribution in [0.2, 0.25) is 0 Å². The lowest BCUT2D eigenvalue weighted by Crippen LogP contribution is -2.70. The molecular weight excluding hydrogens is 1090 g/mol. The number of amides is 10. The van der Waals surface area contributed by atoms with E-state index in [2.05, 4.69) is 42.5 Å². The van der Waals surface area contributed by atoms with Crippen molar-refractivity contribution >= 4 is 65.0 Å². The maximum Gasteiger partial charge on any atom is 0.490 e. The third-order valence-corrected chi connectivity index (χ3v) is 12.7. The van der Waals surface area contributed by atoms with E-state index < -0.39 is 157 Å². The number of aliphatic hydroxyl groups excluding tert-OH is 2. The lowest BCUT2D eigenvalue weighted by Gasteiger charge is -2.49. The molecule has 0 aromatic heterocycles. The molecule has 0 aliphatic carbocycles. The van der Waals surface area contributed by atoms with Gasteiger partial charge in [0, 0.05) is 13.1 Å². The Morgan fingerprint density at radius 1 is 0.562 bits per heavy atom. The van der Waals surface area contributed by atoms with Crippen LogP contribution in [0.3, 0.4) is 0 Å². The summed E-state index contributed by atoms with van der Waals surface area (Å²) >= 11 is 0. The van der Waals surface area contributed by atoms with Crippen molar-refractivity contribution in [1.29, 1.82) is 0 Å². The first kappa shape index (κ1) is 84.8. The number of nitrogens with zero attached hydrogens (tertiary/aromatic N) is 2. The lowest BCUT2D eigenvalue weighted by molar-refractivity contribution is -0.192. The zero-order chi connectivity index (χ0) is 55.6. The summed E-state index contributed by atoms with van der Waals surface area (Å²) in [6.07, 6.45) is -2.87. The lowest BCUT2D eigenvalue weighted by atomic mass is 9.84. The molecule has 28 nitrogen and oxygen atoms in total. The Hall–Kier alpha value is -6.49. The number of hydrogen-bond acceptors (Lipinski definition) is 15. The highest BCUT2D eigenvalue weighted by atomic mass is 19.4. The second-order valence-corrected chi connectivity index (χ2v) is 18.9. The highest BCUT2D eigenvalue weighted by molar-refractivity contribution is 6.01. The zero-order valence-electron chi connectivity index (χ0n) is 44.2. The molecule has 3 heterocycles. The molecule has 10 amide bonds. The first-order chi connectivity index (χ1) is 34.0. The third-order valence-electron chi connectivity index (χ3n) is 12.7. The number of nitrogens with one attached hydrogen (secondary N) is 8. The van der Waals surface area contributed by atoms with Gasteiger partial charge >= 0.3 is 12.1 Å². The van der Waals surface area contributed by atoms with Gasteiger partial charge in [-0.05, 0) is 90.1 Å². The monoisotopic (exact) mass is 1180 g/mol. The van der Waals surface area contributed by atoms with E-state index in [0.717, 1.165) is 0 Å². The van der Waals surface area contributed by atoms with Gasteiger partial charge in [-0.15, -0.1) is 0 Å². The molecule has 0 bridgehead atoms. The third kappa shape index (κ3) is 23.3. The molecule has 0 unspecified atom stereocenters. The summed E-state index contributed by atoms with van der Waals surface area (Å²) in [4.78, 5) is 147. The number of carbonyl (C=O) groups excluding carboxylic acids is 10. The molecule has 3 saturated heterocycles. The Balaban J connectivity index is -0.000000914. The van der Waals surface area contributed by atoms with E-state index >= 15 is 0 Å². The van der Waals surface area contributed by atoms with Crippen molar-refractivity contribution in [1.82, 2.24) is 52.3 Å². The van der Waals surface area contributed by atoms with Gasteiger partial charge < -0.3 is 90.1 Å². The number of rotatable bonds is 12. The van der Waals surface area contributed by atoms with Gasteiger partial charge in [0.2, 0.25) is 59.1 Å². The van der Waals surface area contributed by atoms with Crippen LogP contribution in [-0.2, 0) is 52.7 Å². The molecule has 3 rings (SSSR count). The van der Waals surface area contributed by atoms with Crippen LogP contribution in [0.25, 0.3) is 0 Å². The Kier molecular flexibility index (Phi) is 40.5. The normalized spacial score (nSPS) is 25.5. The summed E-state index contributed by atoms with van der Waals surface area (Å²) in [5, 5.41) is 47.8. The number of fused-ring (bicyclic) bond motifs is 2. The minimum atomic E-state index is -5.08. The molecular formula is C46H88F6N12O16. The van der Waals surface area contributed by atoms with E-state index in [-0.39, 0.29) is 91.8 Å². The molecule has 0 saturated carbocycles. The number of carboxylic acid groups (broad SMARTS) is 1. The second kappa shape index (κ2) is 38.2. The average molecular weight is 1180 g/mol. The van der Waals surface area contributed by atoms with E-state index in [1.165, 1.54) is 23.6 Å². The topological polar surface area (TPSA) is 466 Å². The highest BCUT2D eigenvalue weighted by Crippen LogP contribution is 2.32. The molecule has 3 aliphatic rings. The molecule has 0 spiro atoms. The van der Waals surface area contributed by atoms with E-state index in [1.54, 1.807) is 27.7 Å². The molecule has 19 N–H and O–H groups in total. The second-order valence-electron chi connectivity index (χ2n) is 18.9. The number of aliphatic carboxylic acids is 1. The fourth-order valence-electron chi connectivity index (χ4n) is 7.80. The molecule has 8 atom stereocenters. The number of nitrogens with two attached hydrogens (primary N) is 2. The molecule has 0 aromatic rings. The van der Waals surface area contributed by atoms with Crippen molar-refractivity contribution < 1.29 is 106 Å². The van der Waals surface area contributed by atoms with Gasteiger partial charge in [-0.25, -0.2) is 4.79 Å². The van der Waals surface area contributed by atoms with E-state index in [4.69, 9.17) is 21.4 Å². The predicted molar refractivity (Wildman–Crippen MR) is 279 cm³/mol. The van der Waals surface area contributed by atoms with Crippen LogP contribution in [0.15, 0.2) is 0 Å². The van der Waals surface area contributed by atoms with Gasteiger partial charge in [-0.3, -0.25) is 62.1 Å². The van der Waals surface area contributed by atoms with Crippen molar-refractivity contribution in [2.24, 2.45) is 23.3 Å². The molecule has 0 radical (unpaired) electrons. The molecule has 80 heavy (non-hydrogen) atoms. The summed E-state index contributed by atoms with van der Waals surface area (Å²) in [5.41, 5.74) is 8.38. The summed E-state index contributed by atoms with van der Waals surface area (Å²) in [6, 6.07) is -8.20. The van der Waals surface area contributed by atoms with Gasteiger partial charge in [0.15, 0.2) is 0 Å². The van der Waals surface area contributed by atoms with Crippen molar-refractivity contribution in [3.63, 3.8) is 0 Å². The molecule has 3 aliphatic heterocycles. The van der Waals surface area contributed by atoms with Crippen molar-refractivity contribution in [2.45, 2.75) is 161 Å². The summed E-state index contributed by atoms with van der Waals surface area (Å²) < 4.78 is 31.7. The minimum absolute atomic E-state index is 0. The van der Waals surface area contributed by atoms with Gasteiger partial charge in [0.25, 0.3) is 0 Å². The number of hydrogen-bond donors (Lipinski definition) is 13. The number of unbranched alkanes of at least 4 members (excludes halogenated alkanes) is 2. The van der Waals surface area contributed by atoms with Crippen molar-refractivity contribution in [3.8, 4) is 0 Å². The SMILES string of the molecule is C.C.CC(C)[C@@H]1NC(=O)[C@@]2(C)CCN2C(=O)CNC(=O)[C@H](CCCCN)NC(=O)[C@H](CO)NC(=O)[C@H](C(C)C)NC(=O)[C@@]2(C)CCN2C(=O)CNC(=O)[C@H](CCCCN)NC(=O)[C@H](CO)NC1=O.F.F.F.O.O.O=C(O)C(F)(F)F. The largest absolute Gasteiger partial charge is 0.490 e. The quantitative estimate of drug-likeness (QED) is 0.0646. The van der Waals surface area contributed by atoms with E-state index in [0.29, 0.717) is 25.7 Å². The summed E-state index contributed by atoms with van der Waals surface area (Å²) in [7, 11) is 0. The van der Waals surface area contributed by atoms with Gasteiger partial charge in [0.1, 0.15) is 47.3 Å². The van der Waals surface area contributed by atoms with Crippen LogP contribution < -0.4 is 54.0 Å². The van der Waals surface area contributed by atoms with Crippen LogP contribution in [0.5, 0.6) is 0 Å². The Labute approximate surface area is 460 Å². The fourth-order valence-corrected chi connectivity index (χ4v) is 7.80. The molecule has 0 aromatic carbocycles. The van der Waals surface area contributed by atoms with Crippen molar-refractivity contribution in [2.75, 3.05) is 52.5 Å². The molecule has 3 fully saturated rings. The highest BCUT2D eigenvalue weighted by Gasteiger charge is 2.52. The molecule has 34 heteroatoms. The van der Waals surface area contributed by atoms with Crippen LogP contribution in [0, 0.1) is 11.8 Å². The Bertz CT molecular complexity index is 1910. The molecule has 470 valence electrons. The van der Waals surface area contributed by atoms with Gasteiger partial charge in [0.05, 0.1) is 26.3 Å². The standard InChI is InChI=1S/C42H72N12O12.C2HF3O2.2CH4.3FH.2H2O/c1-23(2)31-37(63)49-27(21-55)35(61)47-25(11-7-9-15-43)33(59)46-20-30(58)54-18-14-42(54,6)40(66)52-32(24(3)4)38(64)50-28(22-56)36(62)48-26(12-8-10-16-44)34(60)45-19-29(57)53-17-13-41(53,5)39(65)51-31;3-2(4,5)1(6)7;;;;;;;/h23-28,31-32,55-56H,7-22,43-44H2,1-6H3,(H,45,60)(H,46,59)(H,47,61)(H,48,62)(H,49,63)(H,50,64)(H,51,65)(H,52,66);(H,6,7);2*1H4;3*1H;2*1H2/t25-,26-,27-,28-,31-,32-,41+,42+;;;;;;;;/m0......../s1. The van der Waals surface area contributed by atoms with Crippen LogP contribution in [-0.4, -0.2) is 207 Å². The number of alkyl halides is 3. The van der Waals surface area contributed by atoms with E-state index in [9.17, 15) is 71.3 Å².